The topological polar surface area (TPSA) is 41.1 Å². The Kier molecular flexibility index (Phi) is 4.49. The van der Waals surface area contributed by atoms with Gasteiger partial charge in [-0.1, -0.05) is 17.7 Å². The van der Waals surface area contributed by atoms with E-state index in [0.717, 1.165) is 19.5 Å². The highest BCUT2D eigenvalue weighted by Gasteiger charge is 2.14. The van der Waals surface area contributed by atoms with E-state index in [9.17, 15) is 9.18 Å². The number of benzene rings is 1. The van der Waals surface area contributed by atoms with E-state index in [1.807, 2.05) is 0 Å². The molecule has 1 aliphatic rings. The Morgan fingerprint density at radius 3 is 3.06 bits per heavy atom. The molecule has 1 aromatic rings. The van der Waals surface area contributed by atoms with Crippen molar-refractivity contribution in [1.29, 1.82) is 0 Å². The predicted octanol–water partition coefficient (Wildman–Crippen LogP) is 2.24. The summed E-state index contributed by atoms with van der Waals surface area (Å²) in [5.74, 6) is -0.900. The molecule has 0 atom stereocenters. The summed E-state index contributed by atoms with van der Waals surface area (Å²) in [6.07, 6.45) is 2.97. The van der Waals surface area contributed by atoms with E-state index < -0.39 is 5.82 Å². The predicted molar refractivity (Wildman–Crippen MR) is 72.0 cm³/mol. The summed E-state index contributed by atoms with van der Waals surface area (Å²) in [6.45, 7) is 2.23. The highest BCUT2D eigenvalue weighted by molar-refractivity contribution is 9.10. The van der Waals surface area contributed by atoms with Crippen LogP contribution in [0.4, 0.5) is 4.39 Å². The maximum atomic E-state index is 13.7. The minimum atomic E-state index is -0.519. The van der Waals surface area contributed by atoms with E-state index in [1.165, 1.54) is 11.6 Å². The summed E-state index contributed by atoms with van der Waals surface area (Å²) in [7, 11) is 0. The van der Waals surface area contributed by atoms with Crippen LogP contribution in [0.2, 0.25) is 0 Å². The van der Waals surface area contributed by atoms with Crippen LogP contribution >= 0.6 is 15.9 Å². The van der Waals surface area contributed by atoms with Crippen molar-refractivity contribution in [3.63, 3.8) is 0 Å². The van der Waals surface area contributed by atoms with Crippen LogP contribution in [0, 0.1) is 5.82 Å². The molecule has 0 radical (unpaired) electrons. The zero-order valence-corrected chi connectivity index (χ0v) is 11.4. The van der Waals surface area contributed by atoms with Gasteiger partial charge in [0.1, 0.15) is 5.82 Å². The van der Waals surface area contributed by atoms with Crippen LogP contribution < -0.4 is 10.6 Å². The molecule has 18 heavy (non-hydrogen) atoms. The molecule has 0 aliphatic carbocycles. The number of carbonyl (C=O) groups excluding carboxylic acids is 1. The van der Waals surface area contributed by atoms with E-state index in [0.29, 0.717) is 11.0 Å². The molecule has 1 heterocycles. The highest BCUT2D eigenvalue weighted by atomic mass is 79.9. The normalized spacial score (nSPS) is 15.1. The van der Waals surface area contributed by atoms with Gasteiger partial charge < -0.3 is 10.6 Å². The Morgan fingerprint density at radius 1 is 1.50 bits per heavy atom. The second-order valence-electron chi connectivity index (χ2n) is 4.10. The second-order valence-corrected chi connectivity index (χ2v) is 4.95. The van der Waals surface area contributed by atoms with Gasteiger partial charge >= 0.3 is 0 Å². The minimum absolute atomic E-state index is 0.0684. The van der Waals surface area contributed by atoms with Gasteiger partial charge in [0.2, 0.25) is 0 Å². The fourth-order valence-electron chi connectivity index (χ4n) is 1.80. The molecule has 0 saturated heterocycles. The SMILES string of the molecule is O=C(NCC1=CCNCC1)c1cccc(Br)c1F. The molecular formula is C13H14BrFN2O. The van der Waals surface area contributed by atoms with Crippen molar-refractivity contribution < 1.29 is 9.18 Å². The molecule has 3 nitrogen and oxygen atoms in total. The Hall–Kier alpha value is -1.20. The first-order valence-corrected chi connectivity index (χ1v) is 6.58. The highest BCUT2D eigenvalue weighted by Crippen LogP contribution is 2.18. The molecule has 0 spiro atoms. The van der Waals surface area contributed by atoms with Crippen molar-refractivity contribution in [3.05, 3.63) is 45.7 Å². The smallest absolute Gasteiger partial charge is 0.254 e. The van der Waals surface area contributed by atoms with Gasteiger partial charge in [-0.2, -0.15) is 0 Å². The van der Waals surface area contributed by atoms with E-state index in [2.05, 4.69) is 32.6 Å². The molecule has 0 saturated carbocycles. The van der Waals surface area contributed by atoms with Crippen LogP contribution in [-0.4, -0.2) is 25.5 Å². The maximum Gasteiger partial charge on any atom is 0.254 e. The fourth-order valence-corrected chi connectivity index (χ4v) is 2.16. The molecular weight excluding hydrogens is 299 g/mol. The lowest BCUT2D eigenvalue weighted by atomic mass is 10.1. The number of rotatable bonds is 3. The Bertz CT molecular complexity index is 488. The van der Waals surface area contributed by atoms with Gasteiger partial charge in [0.25, 0.3) is 5.91 Å². The van der Waals surface area contributed by atoms with Crippen molar-refractivity contribution in [2.75, 3.05) is 19.6 Å². The largest absolute Gasteiger partial charge is 0.348 e. The molecule has 1 aromatic carbocycles. The Balaban J connectivity index is 1.99. The summed E-state index contributed by atoms with van der Waals surface area (Å²) in [6, 6.07) is 4.69. The van der Waals surface area contributed by atoms with Crippen LogP contribution in [0.15, 0.2) is 34.3 Å². The van der Waals surface area contributed by atoms with Crippen molar-refractivity contribution in [3.8, 4) is 0 Å². The molecule has 2 rings (SSSR count). The van der Waals surface area contributed by atoms with Gasteiger partial charge in [0, 0.05) is 13.1 Å². The van der Waals surface area contributed by atoms with Gasteiger partial charge in [-0.05, 0) is 41.0 Å². The van der Waals surface area contributed by atoms with E-state index >= 15 is 0 Å². The van der Waals surface area contributed by atoms with E-state index in [4.69, 9.17) is 0 Å². The summed E-state index contributed by atoms with van der Waals surface area (Å²) in [4.78, 5) is 11.8. The quantitative estimate of drug-likeness (QED) is 0.840. The number of hydrogen-bond acceptors (Lipinski definition) is 2. The van der Waals surface area contributed by atoms with Crippen molar-refractivity contribution >= 4 is 21.8 Å². The van der Waals surface area contributed by atoms with E-state index in [-0.39, 0.29) is 11.5 Å². The van der Waals surface area contributed by atoms with Crippen molar-refractivity contribution in [2.45, 2.75) is 6.42 Å². The summed E-state index contributed by atoms with van der Waals surface area (Å²) in [5, 5.41) is 5.94. The summed E-state index contributed by atoms with van der Waals surface area (Å²) in [5.41, 5.74) is 1.25. The monoisotopic (exact) mass is 312 g/mol. The third-order valence-electron chi connectivity index (χ3n) is 2.83. The Labute approximate surface area is 114 Å². The molecule has 0 unspecified atom stereocenters. The molecule has 5 heteroatoms. The third-order valence-corrected chi connectivity index (χ3v) is 3.44. The van der Waals surface area contributed by atoms with E-state index in [1.54, 1.807) is 12.1 Å². The van der Waals surface area contributed by atoms with Gasteiger partial charge in [-0.15, -0.1) is 0 Å². The molecule has 0 bridgehead atoms. The number of amides is 1. The van der Waals surface area contributed by atoms with Gasteiger partial charge in [0.15, 0.2) is 0 Å². The lowest BCUT2D eigenvalue weighted by Crippen LogP contribution is -2.30. The van der Waals surface area contributed by atoms with Crippen molar-refractivity contribution in [2.24, 2.45) is 0 Å². The summed E-state index contributed by atoms with van der Waals surface area (Å²) < 4.78 is 14.0. The Morgan fingerprint density at radius 2 is 2.33 bits per heavy atom. The van der Waals surface area contributed by atoms with Crippen molar-refractivity contribution in [1.82, 2.24) is 10.6 Å². The standard InChI is InChI=1S/C13H14BrFN2O/c14-11-3-1-2-10(12(11)15)13(18)17-8-9-4-6-16-7-5-9/h1-4,16H,5-8H2,(H,17,18). The molecule has 1 amide bonds. The van der Waals surface area contributed by atoms with Gasteiger partial charge in [-0.3, -0.25) is 4.79 Å². The number of hydrogen-bond donors (Lipinski definition) is 2. The van der Waals surface area contributed by atoms with Gasteiger partial charge in [-0.25, -0.2) is 4.39 Å². The van der Waals surface area contributed by atoms with Crippen LogP contribution in [0.3, 0.4) is 0 Å². The zero-order valence-electron chi connectivity index (χ0n) is 9.80. The first kappa shape index (κ1) is 13.2. The first-order valence-electron chi connectivity index (χ1n) is 5.79. The molecule has 96 valence electrons. The summed E-state index contributed by atoms with van der Waals surface area (Å²) >= 11 is 3.07. The molecule has 2 N–H and O–H groups in total. The minimum Gasteiger partial charge on any atom is -0.348 e. The number of carbonyl (C=O) groups is 1. The average Bonchev–Trinajstić information content (AvgIpc) is 2.40. The van der Waals surface area contributed by atoms with Crippen LogP contribution in [0.25, 0.3) is 0 Å². The average molecular weight is 313 g/mol. The van der Waals surface area contributed by atoms with Gasteiger partial charge in [0.05, 0.1) is 10.0 Å². The lowest BCUT2D eigenvalue weighted by Gasteiger charge is -2.14. The number of halogens is 2. The maximum absolute atomic E-state index is 13.7. The third kappa shape index (κ3) is 3.17. The fraction of sp³-hybridized carbons (Fsp3) is 0.308. The van der Waals surface area contributed by atoms with Crippen LogP contribution in [-0.2, 0) is 0 Å². The van der Waals surface area contributed by atoms with Crippen LogP contribution in [0.1, 0.15) is 16.8 Å². The molecule has 0 aromatic heterocycles. The first-order chi connectivity index (χ1) is 8.68. The lowest BCUT2D eigenvalue weighted by molar-refractivity contribution is 0.0952. The zero-order chi connectivity index (χ0) is 13.0. The second kappa shape index (κ2) is 6.11. The number of nitrogens with one attached hydrogen (secondary N) is 2. The molecule has 1 aliphatic heterocycles. The van der Waals surface area contributed by atoms with Crippen LogP contribution in [0.5, 0.6) is 0 Å². The molecule has 0 fully saturated rings.